The molecule has 0 bridgehead atoms. The van der Waals surface area contributed by atoms with Gasteiger partial charge >= 0.3 is 0 Å². The third-order valence-corrected chi connectivity index (χ3v) is 6.84. The molecule has 0 aliphatic rings. The van der Waals surface area contributed by atoms with Gasteiger partial charge in [-0.2, -0.15) is 8.42 Å². The topological polar surface area (TPSA) is 104 Å². The molecule has 0 saturated carbocycles. The van der Waals surface area contributed by atoms with E-state index < -0.39 is 28.0 Å². The van der Waals surface area contributed by atoms with E-state index in [1.54, 1.807) is 0 Å². The summed E-state index contributed by atoms with van der Waals surface area (Å²) in [4.78, 5) is 12.3. The number of hydrogen-bond donors (Lipinski definition) is 3. The molecule has 0 heterocycles. The van der Waals surface area contributed by atoms with E-state index in [1.807, 2.05) is 0 Å². The molecule has 7 heteroatoms. The van der Waals surface area contributed by atoms with Crippen LogP contribution >= 0.6 is 0 Å². The highest BCUT2D eigenvalue weighted by Gasteiger charge is 2.25. The van der Waals surface area contributed by atoms with Crippen LogP contribution in [0.1, 0.15) is 136 Å². The van der Waals surface area contributed by atoms with Crippen molar-refractivity contribution in [3.8, 4) is 0 Å². The second kappa shape index (κ2) is 20.9. The van der Waals surface area contributed by atoms with Gasteiger partial charge in [-0.3, -0.25) is 9.35 Å². The van der Waals surface area contributed by atoms with Gasteiger partial charge in [0, 0.05) is 6.42 Å². The van der Waals surface area contributed by atoms with Crippen molar-refractivity contribution in [1.29, 1.82) is 0 Å². The quantitative estimate of drug-likeness (QED) is 0.121. The lowest BCUT2D eigenvalue weighted by Gasteiger charge is -2.23. The van der Waals surface area contributed by atoms with Crippen LogP contribution in [0.15, 0.2) is 0 Å². The molecular weight excluding hydrogens is 426 g/mol. The second-order valence-corrected chi connectivity index (χ2v) is 10.8. The van der Waals surface area contributed by atoms with Crippen molar-refractivity contribution in [2.75, 3.05) is 5.75 Å². The minimum Gasteiger partial charge on any atom is -0.391 e. The van der Waals surface area contributed by atoms with E-state index >= 15 is 0 Å². The van der Waals surface area contributed by atoms with Crippen LogP contribution in [0.5, 0.6) is 0 Å². The molecule has 0 spiro atoms. The van der Waals surface area contributed by atoms with Crippen LogP contribution < -0.4 is 5.32 Å². The van der Waals surface area contributed by atoms with E-state index in [9.17, 15) is 22.9 Å². The smallest absolute Gasteiger partial charge is 0.266 e. The average molecular weight is 478 g/mol. The van der Waals surface area contributed by atoms with E-state index in [4.69, 9.17) is 0 Å². The maximum atomic E-state index is 12.3. The van der Waals surface area contributed by atoms with Crippen LogP contribution in [0.3, 0.4) is 0 Å². The molecule has 6 nitrogen and oxygen atoms in total. The first-order chi connectivity index (χ1) is 15.3. The van der Waals surface area contributed by atoms with Crippen molar-refractivity contribution in [2.45, 2.75) is 148 Å². The van der Waals surface area contributed by atoms with Gasteiger partial charge in [0.05, 0.1) is 17.9 Å². The van der Waals surface area contributed by atoms with Crippen LogP contribution in [0.4, 0.5) is 0 Å². The first kappa shape index (κ1) is 31.3. The van der Waals surface area contributed by atoms with E-state index in [0.29, 0.717) is 12.8 Å². The molecule has 0 aliphatic carbocycles. The summed E-state index contributed by atoms with van der Waals surface area (Å²) in [5.74, 6) is -0.897. The Labute approximate surface area is 198 Å². The van der Waals surface area contributed by atoms with E-state index in [0.717, 1.165) is 38.5 Å². The molecule has 2 unspecified atom stereocenters. The third kappa shape index (κ3) is 21.2. The van der Waals surface area contributed by atoms with Crippen LogP contribution in [-0.2, 0) is 14.9 Å². The molecule has 192 valence electrons. The normalized spacial score (nSPS) is 13.8. The summed E-state index contributed by atoms with van der Waals surface area (Å²) in [5, 5.41) is 13.1. The van der Waals surface area contributed by atoms with Crippen molar-refractivity contribution >= 4 is 16.0 Å². The molecule has 0 aromatic rings. The fraction of sp³-hybridized carbons (Fsp3) is 0.960. The standard InChI is InChI=1S/C25H51NO5S/c1-3-5-7-9-11-12-13-15-17-19-21-25(28)26-23(22-32(29,30)31)24(27)20-18-16-14-10-8-6-4-2/h23-24,27H,3-22H2,1-2H3,(H,26,28)(H,29,30,31). The second-order valence-electron chi connectivity index (χ2n) is 9.33. The summed E-state index contributed by atoms with van der Waals surface area (Å²) >= 11 is 0. The van der Waals surface area contributed by atoms with Gasteiger partial charge in [-0.25, -0.2) is 0 Å². The van der Waals surface area contributed by atoms with Crippen molar-refractivity contribution in [2.24, 2.45) is 0 Å². The fourth-order valence-corrected chi connectivity index (χ4v) is 4.80. The zero-order chi connectivity index (χ0) is 24.1. The SMILES string of the molecule is CCCCCCCCCCCCC(=O)NC(CS(=O)(=O)O)C(O)CCCCCCCCC. The van der Waals surface area contributed by atoms with Gasteiger partial charge in [0.2, 0.25) is 5.91 Å². The van der Waals surface area contributed by atoms with Gasteiger partial charge in [0.15, 0.2) is 0 Å². The zero-order valence-corrected chi connectivity index (χ0v) is 21.6. The molecule has 0 aromatic heterocycles. The minimum atomic E-state index is -4.28. The average Bonchev–Trinajstić information content (AvgIpc) is 2.72. The van der Waals surface area contributed by atoms with Gasteiger partial charge < -0.3 is 10.4 Å². The number of nitrogens with one attached hydrogen (secondary N) is 1. The highest BCUT2D eigenvalue weighted by atomic mass is 32.2. The van der Waals surface area contributed by atoms with Crippen molar-refractivity contribution in [3.63, 3.8) is 0 Å². The Kier molecular flexibility index (Phi) is 20.5. The molecule has 0 aliphatic heterocycles. The molecule has 2 atom stereocenters. The highest BCUT2D eigenvalue weighted by Crippen LogP contribution is 2.14. The lowest BCUT2D eigenvalue weighted by atomic mass is 10.0. The third-order valence-electron chi connectivity index (χ3n) is 6.06. The lowest BCUT2D eigenvalue weighted by molar-refractivity contribution is -0.122. The molecule has 0 fully saturated rings. The minimum absolute atomic E-state index is 0.253. The molecule has 0 saturated heterocycles. The zero-order valence-electron chi connectivity index (χ0n) is 20.8. The van der Waals surface area contributed by atoms with Crippen LogP contribution in [0.2, 0.25) is 0 Å². The van der Waals surface area contributed by atoms with Crippen LogP contribution in [0, 0.1) is 0 Å². The van der Waals surface area contributed by atoms with Crippen molar-refractivity contribution < 1.29 is 22.9 Å². The first-order valence-corrected chi connectivity index (χ1v) is 14.8. The fourth-order valence-electron chi connectivity index (χ4n) is 4.04. The van der Waals surface area contributed by atoms with Crippen LogP contribution in [-0.4, -0.2) is 41.9 Å². The number of carbonyl (C=O) groups excluding carboxylic acids is 1. The highest BCUT2D eigenvalue weighted by molar-refractivity contribution is 7.85. The molecular formula is C25H51NO5S. The summed E-state index contributed by atoms with van der Waals surface area (Å²) in [7, 11) is -4.28. The van der Waals surface area contributed by atoms with Gasteiger partial charge in [-0.15, -0.1) is 0 Å². The number of aliphatic hydroxyl groups excluding tert-OH is 1. The summed E-state index contributed by atoms with van der Waals surface area (Å²) < 4.78 is 31.9. The Bertz CT molecular complexity index is 538. The monoisotopic (exact) mass is 477 g/mol. The summed E-state index contributed by atoms with van der Waals surface area (Å²) in [6.45, 7) is 4.40. The summed E-state index contributed by atoms with van der Waals surface area (Å²) in [6.07, 6.45) is 19.3. The lowest BCUT2D eigenvalue weighted by Crippen LogP contribution is -2.47. The van der Waals surface area contributed by atoms with Gasteiger partial charge in [0.25, 0.3) is 10.1 Å². The Hall–Kier alpha value is -0.660. The maximum absolute atomic E-state index is 12.3. The molecule has 0 aromatic carbocycles. The van der Waals surface area contributed by atoms with Crippen LogP contribution in [0.25, 0.3) is 0 Å². The van der Waals surface area contributed by atoms with E-state index in [-0.39, 0.29) is 5.91 Å². The number of amides is 1. The largest absolute Gasteiger partial charge is 0.391 e. The first-order valence-electron chi connectivity index (χ1n) is 13.2. The molecule has 32 heavy (non-hydrogen) atoms. The molecule has 0 radical (unpaired) electrons. The maximum Gasteiger partial charge on any atom is 0.266 e. The number of carbonyl (C=O) groups is 1. The van der Waals surface area contributed by atoms with Crippen molar-refractivity contribution in [3.05, 3.63) is 0 Å². The van der Waals surface area contributed by atoms with Gasteiger partial charge in [0.1, 0.15) is 0 Å². The predicted octanol–water partition coefficient (Wildman–Crippen LogP) is 6.17. The molecule has 0 rings (SSSR count). The molecule has 1 amide bonds. The van der Waals surface area contributed by atoms with E-state index in [1.165, 1.54) is 70.6 Å². The summed E-state index contributed by atoms with van der Waals surface area (Å²) in [6, 6.07) is -0.958. The van der Waals surface area contributed by atoms with Crippen molar-refractivity contribution in [1.82, 2.24) is 5.32 Å². The Morgan fingerprint density at radius 1 is 0.719 bits per heavy atom. The predicted molar refractivity (Wildman–Crippen MR) is 133 cm³/mol. The molecule has 3 N–H and O–H groups in total. The number of unbranched alkanes of at least 4 members (excludes halogenated alkanes) is 15. The van der Waals surface area contributed by atoms with Gasteiger partial charge in [-0.1, -0.05) is 117 Å². The Morgan fingerprint density at radius 3 is 1.56 bits per heavy atom. The number of hydrogen-bond acceptors (Lipinski definition) is 4. The van der Waals surface area contributed by atoms with E-state index in [2.05, 4.69) is 19.2 Å². The number of aliphatic hydroxyl groups is 1. The summed E-state index contributed by atoms with van der Waals surface area (Å²) in [5.41, 5.74) is 0. The van der Waals surface area contributed by atoms with Gasteiger partial charge in [-0.05, 0) is 12.8 Å². The number of rotatable bonds is 23. The Morgan fingerprint density at radius 2 is 1.12 bits per heavy atom. The Balaban J connectivity index is 4.08.